The van der Waals surface area contributed by atoms with Crippen LogP contribution in [0.5, 0.6) is 0 Å². The summed E-state index contributed by atoms with van der Waals surface area (Å²) in [7, 11) is 0. The van der Waals surface area contributed by atoms with Crippen LogP contribution in [-0.4, -0.2) is 5.88 Å². The second kappa shape index (κ2) is 5.18. The van der Waals surface area contributed by atoms with Gasteiger partial charge in [0, 0.05) is 5.88 Å². The lowest BCUT2D eigenvalue weighted by Crippen LogP contribution is -1.95. The fourth-order valence-corrected chi connectivity index (χ4v) is 1.25. The minimum Gasteiger partial charge on any atom is -0.228 e. The number of benzene rings is 1. The lowest BCUT2D eigenvalue weighted by Gasteiger charge is -2.06. The van der Waals surface area contributed by atoms with Crippen molar-refractivity contribution >= 4 is 11.6 Å². The molecular formula is C10H12ClO. The highest BCUT2D eigenvalue weighted by Gasteiger charge is 2.06. The molecule has 65 valence electrons. The van der Waals surface area contributed by atoms with E-state index in [0.29, 0.717) is 12.3 Å². The first kappa shape index (κ1) is 9.56. The Morgan fingerprint density at radius 2 is 1.92 bits per heavy atom. The van der Waals surface area contributed by atoms with Crippen molar-refractivity contribution in [3.8, 4) is 0 Å². The maximum Gasteiger partial charge on any atom is 0.118 e. The van der Waals surface area contributed by atoms with Gasteiger partial charge in [-0.25, -0.2) is 5.11 Å². The molecule has 0 saturated carbocycles. The zero-order valence-corrected chi connectivity index (χ0v) is 7.63. The van der Waals surface area contributed by atoms with Crippen molar-refractivity contribution in [2.75, 3.05) is 5.88 Å². The molecule has 1 aromatic rings. The maximum absolute atomic E-state index is 11.4. The molecule has 1 aromatic carbocycles. The van der Waals surface area contributed by atoms with Gasteiger partial charge in [-0.05, 0) is 18.4 Å². The first-order valence-corrected chi connectivity index (χ1v) is 4.65. The van der Waals surface area contributed by atoms with Crippen LogP contribution in [0, 0.1) is 0 Å². The Balaban J connectivity index is 2.48. The van der Waals surface area contributed by atoms with Crippen LogP contribution in [0.15, 0.2) is 30.3 Å². The molecule has 1 rings (SSSR count). The van der Waals surface area contributed by atoms with Crippen molar-refractivity contribution in [2.45, 2.75) is 18.9 Å². The van der Waals surface area contributed by atoms with Gasteiger partial charge in [0.05, 0.1) is 0 Å². The van der Waals surface area contributed by atoms with Crippen LogP contribution in [0.4, 0.5) is 0 Å². The summed E-state index contributed by atoms with van der Waals surface area (Å²) in [4.78, 5) is 0. The highest BCUT2D eigenvalue weighted by Crippen LogP contribution is 2.18. The van der Waals surface area contributed by atoms with E-state index in [1.165, 1.54) is 0 Å². The molecule has 1 nitrogen and oxygen atoms in total. The molecule has 12 heavy (non-hydrogen) atoms. The normalized spacial score (nSPS) is 12.8. The minimum atomic E-state index is -0.607. The molecular weight excluding hydrogens is 172 g/mol. The number of hydrogen-bond acceptors (Lipinski definition) is 0. The quantitative estimate of drug-likeness (QED) is 0.639. The average molecular weight is 184 g/mol. The standard InChI is InChI=1S/C10H12ClO/c11-8-4-7-10(12)9-5-2-1-3-6-9/h1-3,5-6,10H,4,7-8H2. The van der Waals surface area contributed by atoms with E-state index >= 15 is 0 Å². The average Bonchev–Trinajstić information content (AvgIpc) is 2.15. The topological polar surface area (TPSA) is 19.9 Å². The highest BCUT2D eigenvalue weighted by atomic mass is 35.5. The van der Waals surface area contributed by atoms with Gasteiger partial charge < -0.3 is 0 Å². The summed E-state index contributed by atoms with van der Waals surface area (Å²) in [5.74, 6) is 0.575. The van der Waals surface area contributed by atoms with Crippen molar-refractivity contribution < 1.29 is 5.11 Å². The molecule has 1 atom stereocenters. The summed E-state index contributed by atoms with van der Waals surface area (Å²) >= 11 is 5.49. The van der Waals surface area contributed by atoms with Crippen LogP contribution in [0.2, 0.25) is 0 Å². The summed E-state index contributed by atoms with van der Waals surface area (Å²) < 4.78 is 0. The van der Waals surface area contributed by atoms with Crippen LogP contribution in [-0.2, 0) is 5.11 Å². The van der Waals surface area contributed by atoms with Crippen molar-refractivity contribution in [2.24, 2.45) is 0 Å². The monoisotopic (exact) mass is 183 g/mol. The van der Waals surface area contributed by atoms with E-state index in [0.717, 1.165) is 12.0 Å². The van der Waals surface area contributed by atoms with Gasteiger partial charge in [-0.15, -0.1) is 11.6 Å². The van der Waals surface area contributed by atoms with Gasteiger partial charge >= 0.3 is 0 Å². The Morgan fingerprint density at radius 3 is 2.50 bits per heavy atom. The number of hydrogen-bond donors (Lipinski definition) is 0. The summed E-state index contributed by atoms with van der Waals surface area (Å²) in [6, 6.07) is 9.43. The van der Waals surface area contributed by atoms with Crippen LogP contribution < -0.4 is 0 Å². The van der Waals surface area contributed by atoms with Gasteiger partial charge in [-0.1, -0.05) is 30.3 Å². The Morgan fingerprint density at radius 1 is 1.25 bits per heavy atom. The van der Waals surface area contributed by atoms with E-state index in [2.05, 4.69) is 0 Å². The predicted molar refractivity (Wildman–Crippen MR) is 49.8 cm³/mol. The van der Waals surface area contributed by atoms with E-state index in [1.54, 1.807) is 0 Å². The zero-order valence-electron chi connectivity index (χ0n) is 6.87. The van der Waals surface area contributed by atoms with Gasteiger partial charge in [0.2, 0.25) is 0 Å². The first-order chi connectivity index (χ1) is 5.84. The third kappa shape index (κ3) is 2.84. The van der Waals surface area contributed by atoms with Crippen LogP contribution in [0.25, 0.3) is 0 Å². The molecule has 0 amide bonds. The van der Waals surface area contributed by atoms with Crippen molar-refractivity contribution in [1.82, 2.24) is 0 Å². The molecule has 2 heteroatoms. The number of halogens is 1. The SMILES string of the molecule is [O]C(CCCCl)c1ccccc1. The molecule has 0 aromatic heterocycles. The summed E-state index contributed by atoms with van der Waals surface area (Å²) in [5, 5.41) is 11.4. The fraction of sp³-hybridized carbons (Fsp3) is 0.400. The third-order valence-corrected chi connectivity index (χ3v) is 2.04. The van der Waals surface area contributed by atoms with Crippen molar-refractivity contribution in [3.05, 3.63) is 35.9 Å². The second-order valence-corrected chi connectivity index (χ2v) is 3.11. The second-order valence-electron chi connectivity index (χ2n) is 2.73. The van der Waals surface area contributed by atoms with Crippen LogP contribution in [0.1, 0.15) is 24.5 Å². The molecule has 0 spiro atoms. The smallest absolute Gasteiger partial charge is 0.118 e. The molecule has 1 radical (unpaired) electrons. The first-order valence-electron chi connectivity index (χ1n) is 4.11. The third-order valence-electron chi connectivity index (χ3n) is 1.77. The van der Waals surface area contributed by atoms with Crippen LogP contribution in [0.3, 0.4) is 0 Å². The molecule has 1 unspecified atom stereocenters. The number of rotatable bonds is 4. The van der Waals surface area contributed by atoms with Gasteiger partial charge in [-0.2, -0.15) is 0 Å². The Hall–Kier alpha value is -0.530. The Bertz CT molecular complexity index is 210. The minimum absolute atomic E-state index is 0.575. The molecule has 0 aliphatic carbocycles. The van der Waals surface area contributed by atoms with Gasteiger partial charge in [-0.3, -0.25) is 0 Å². The zero-order chi connectivity index (χ0) is 8.81. The predicted octanol–water partition coefficient (Wildman–Crippen LogP) is 3.18. The van der Waals surface area contributed by atoms with Gasteiger partial charge in [0.25, 0.3) is 0 Å². The Kier molecular flexibility index (Phi) is 4.12. The summed E-state index contributed by atoms with van der Waals surface area (Å²) in [5.41, 5.74) is 0.864. The van der Waals surface area contributed by atoms with E-state index in [9.17, 15) is 5.11 Å². The largest absolute Gasteiger partial charge is 0.228 e. The highest BCUT2D eigenvalue weighted by molar-refractivity contribution is 6.17. The summed E-state index contributed by atoms with van der Waals surface area (Å²) in [6.07, 6.45) is 0.822. The van der Waals surface area contributed by atoms with Crippen LogP contribution >= 0.6 is 11.6 Å². The fourth-order valence-electron chi connectivity index (χ4n) is 1.10. The maximum atomic E-state index is 11.4. The van der Waals surface area contributed by atoms with E-state index in [4.69, 9.17) is 11.6 Å². The lowest BCUT2D eigenvalue weighted by atomic mass is 10.1. The van der Waals surface area contributed by atoms with Crippen molar-refractivity contribution in [1.29, 1.82) is 0 Å². The lowest BCUT2D eigenvalue weighted by molar-refractivity contribution is 0.0807. The number of alkyl halides is 1. The summed E-state index contributed by atoms with van der Waals surface area (Å²) in [6.45, 7) is 0. The van der Waals surface area contributed by atoms with E-state index in [1.807, 2.05) is 30.3 Å². The van der Waals surface area contributed by atoms with Gasteiger partial charge in [0.15, 0.2) is 0 Å². The Labute approximate surface area is 78.0 Å². The molecule has 0 N–H and O–H groups in total. The molecule has 0 aliphatic rings. The van der Waals surface area contributed by atoms with Crippen molar-refractivity contribution in [3.63, 3.8) is 0 Å². The van der Waals surface area contributed by atoms with E-state index < -0.39 is 6.10 Å². The molecule has 0 aliphatic heterocycles. The van der Waals surface area contributed by atoms with E-state index in [-0.39, 0.29) is 0 Å². The molecule has 0 heterocycles. The molecule has 0 fully saturated rings. The molecule has 0 saturated heterocycles. The van der Waals surface area contributed by atoms with Gasteiger partial charge in [0.1, 0.15) is 6.10 Å². The molecule has 0 bridgehead atoms.